The Labute approximate surface area is 201 Å². The van der Waals surface area contributed by atoms with Gasteiger partial charge in [-0.25, -0.2) is 9.07 Å². The molecule has 0 aliphatic carbocycles. The van der Waals surface area contributed by atoms with Gasteiger partial charge in [-0.2, -0.15) is 0 Å². The summed E-state index contributed by atoms with van der Waals surface area (Å²) in [5.74, 6) is 0.513. The molecule has 0 radical (unpaired) electrons. The van der Waals surface area contributed by atoms with Gasteiger partial charge in [-0.1, -0.05) is 35.9 Å². The summed E-state index contributed by atoms with van der Waals surface area (Å²) in [6, 6.07) is 16.6. The highest BCUT2D eigenvalue weighted by atomic mass is 35.5. The molecule has 0 bridgehead atoms. The Morgan fingerprint density at radius 1 is 1.06 bits per heavy atom. The number of aryl methyl sites for hydroxylation is 1. The van der Waals surface area contributed by atoms with E-state index < -0.39 is 0 Å². The molecule has 2 aromatic heterocycles. The lowest BCUT2D eigenvalue weighted by atomic mass is 10.0. The first-order valence-electron chi connectivity index (χ1n) is 10.9. The van der Waals surface area contributed by atoms with Crippen LogP contribution in [0, 0.1) is 12.7 Å². The minimum Gasteiger partial charge on any atom is -0.369 e. The second-order valence-corrected chi connectivity index (χ2v) is 9.65. The fraction of sp³-hybridized carbons (Fsp3) is 0.292. The Balaban J connectivity index is 1.43. The Bertz CT molecular complexity index is 1200. The Kier molecular flexibility index (Phi) is 6.39. The first-order chi connectivity index (χ1) is 16.1. The van der Waals surface area contributed by atoms with E-state index in [1.165, 1.54) is 28.3 Å². The Morgan fingerprint density at radius 3 is 2.58 bits per heavy atom. The third-order valence-electron chi connectivity index (χ3n) is 6.07. The van der Waals surface area contributed by atoms with Crippen molar-refractivity contribution in [1.29, 1.82) is 0 Å². The van der Waals surface area contributed by atoms with E-state index in [0.717, 1.165) is 42.6 Å². The van der Waals surface area contributed by atoms with Gasteiger partial charge in [0, 0.05) is 41.8 Å². The van der Waals surface area contributed by atoms with E-state index in [1.54, 1.807) is 11.3 Å². The molecule has 170 valence electrons. The first kappa shape index (κ1) is 22.0. The van der Waals surface area contributed by atoms with Crippen molar-refractivity contribution in [2.24, 2.45) is 0 Å². The van der Waals surface area contributed by atoms with Crippen molar-refractivity contribution in [3.8, 4) is 0 Å². The lowest BCUT2D eigenvalue weighted by Crippen LogP contribution is -2.48. The van der Waals surface area contributed by atoms with Crippen LogP contribution in [0.3, 0.4) is 0 Å². The molecule has 0 N–H and O–H groups in total. The average molecular weight is 483 g/mol. The second-order valence-electron chi connectivity index (χ2n) is 8.18. The highest BCUT2D eigenvalue weighted by molar-refractivity contribution is 7.09. The van der Waals surface area contributed by atoms with Crippen LogP contribution in [0.25, 0.3) is 0 Å². The van der Waals surface area contributed by atoms with Gasteiger partial charge in [-0.05, 0) is 64.2 Å². The number of aromatic nitrogens is 4. The summed E-state index contributed by atoms with van der Waals surface area (Å²) in [5.41, 5.74) is 3.36. The highest BCUT2D eigenvalue weighted by Gasteiger charge is 2.31. The molecule has 9 heteroatoms. The largest absolute Gasteiger partial charge is 0.369 e. The minimum atomic E-state index is -0.253. The van der Waals surface area contributed by atoms with Crippen LogP contribution in [0.15, 0.2) is 60.0 Å². The van der Waals surface area contributed by atoms with Gasteiger partial charge in [0.25, 0.3) is 0 Å². The smallest absolute Gasteiger partial charge is 0.173 e. The normalized spacial score (nSPS) is 15.7. The van der Waals surface area contributed by atoms with Gasteiger partial charge < -0.3 is 4.90 Å². The summed E-state index contributed by atoms with van der Waals surface area (Å²) in [5, 5.41) is 15.5. The molecular weight excluding hydrogens is 459 g/mol. The first-order valence-corrected chi connectivity index (χ1v) is 12.1. The summed E-state index contributed by atoms with van der Waals surface area (Å²) in [6.07, 6.45) is 0. The van der Waals surface area contributed by atoms with Gasteiger partial charge in [0.15, 0.2) is 5.82 Å². The predicted octanol–water partition coefficient (Wildman–Crippen LogP) is 4.80. The number of tetrazole rings is 1. The zero-order valence-electron chi connectivity index (χ0n) is 18.2. The molecule has 0 unspecified atom stereocenters. The molecule has 1 aliphatic heterocycles. The van der Waals surface area contributed by atoms with Crippen molar-refractivity contribution in [3.63, 3.8) is 0 Å². The van der Waals surface area contributed by atoms with E-state index in [1.807, 2.05) is 40.4 Å². The fourth-order valence-corrected chi connectivity index (χ4v) is 5.23. The molecule has 1 saturated heterocycles. The molecule has 2 aromatic carbocycles. The second kappa shape index (κ2) is 9.59. The number of anilines is 1. The van der Waals surface area contributed by atoms with Crippen LogP contribution in [-0.4, -0.2) is 51.3 Å². The molecule has 6 nitrogen and oxygen atoms in total. The van der Waals surface area contributed by atoms with Crippen LogP contribution in [0.4, 0.5) is 10.1 Å². The van der Waals surface area contributed by atoms with Crippen molar-refractivity contribution in [3.05, 3.63) is 92.6 Å². The van der Waals surface area contributed by atoms with Crippen LogP contribution < -0.4 is 4.90 Å². The maximum atomic E-state index is 13.7. The average Bonchev–Trinajstić information content (AvgIpc) is 3.50. The van der Waals surface area contributed by atoms with Crippen LogP contribution in [0.5, 0.6) is 0 Å². The topological polar surface area (TPSA) is 50.1 Å². The SMILES string of the molecule is Cc1ccc(Cl)cc1N1CCN([C@H](c2ccc(F)cc2)c2nnnn2Cc2cccs2)CC1. The predicted molar refractivity (Wildman–Crippen MR) is 129 cm³/mol. The zero-order valence-corrected chi connectivity index (χ0v) is 19.8. The van der Waals surface area contributed by atoms with E-state index in [0.29, 0.717) is 6.54 Å². The van der Waals surface area contributed by atoms with Crippen molar-refractivity contribution >= 4 is 28.6 Å². The molecule has 3 heterocycles. The Hall–Kier alpha value is -2.81. The standard InChI is InChI=1S/C24H24ClFN6S/c1-17-4-7-19(25)15-22(17)30-10-12-31(13-11-30)23(18-5-8-20(26)9-6-18)24-27-28-29-32(24)16-21-3-2-14-33-21/h2-9,14-15,23H,10-13,16H2,1H3/t23-/m1/s1. The third kappa shape index (κ3) is 4.78. The van der Waals surface area contributed by atoms with Crippen LogP contribution >= 0.6 is 22.9 Å². The van der Waals surface area contributed by atoms with Crippen molar-refractivity contribution in [2.75, 3.05) is 31.1 Å². The van der Waals surface area contributed by atoms with Gasteiger partial charge in [0.2, 0.25) is 0 Å². The number of piperazine rings is 1. The summed E-state index contributed by atoms with van der Waals surface area (Å²) in [6.45, 7) is 6.06. The molecule has 1 aliphatic rings. The van der Waals surface area contributed by atoms with Gasteiger partial charge in [-0.3, -0.25) is 4.90 Å². The number of nitrogens with zero attached hydrogens (tertiary/aromatic N) is 6. The summed E-state index contributed by atoms with van der Waals surface area (Å²) in [4.78, 5) is 5.93. The van der Waals surface area contributed by atoms with Gasteiger partial charge in [-0.15, -0.1) is 16.4 Å². The van der Waals surface area contributed by atoms with Crippen molar-refractivity contribution in [1.82, 2.24) is 25.1 Å². The number of hydrogen-bond donors (Lipinski definition) is 0. The molecule has 0 amide bonds. The Morgan fingerprint density at radius 2 is 1.85 bits per heavy atom. The quantitative estimate of drug-likeness (QED) is 0.395. The fourth-order valence-electron chi connectivity index (χ4n) is 4.38. The van der Waals surface area contributed by atoms with Crippen LogP contribution in [0.1, 0.15) is 27.9 Å². The maximum Gasteiger partial charge on any atom is 0.173 e. The van der Waals surface area contributed by atoms with E-state index in [4.69, 9.17) is 11.6 Å². The summed E-state index contributed by atoms with van der Waals surface area (Å²) in [7, 11) is 0. The maximum absolute atomic E-state index is 13.7. The van der Waals surface area contributed by atoms with E-state index >= 15 is 0 Å². The van der Waals surface area contributed by atoms with Gasteiger partial charge in [0.05, 0.1) is 12.6 Å². The highest BCUT2D eigenvalue weighted by Crippen LogP contribution is 2.31. The molecule has 4 aromatic rings. The van der Waals surface area contributed by atoms with E-state index in [-0.39, 0.29) is 11.9 Å². The lowest BCUT2D eigenvalue weighted by molar-refractivity contribution is 0.201. The van der Waals surface area contributed by atoms with Gasteiger partial charge in [0.1, 0.15) is 5.82 Å². The van der Waals surface area contributed by atoms with Crippen molar-refractivity contribution in [2.45, 2.75) is 19.5 Å². The number of benzene rings is 2. The minimum absolute atomic E-state index is 0.164. The third-order valence-corrected chi connectivity index (χ3v) is 7.16. The van der Waals surface area contributed by atoms with Gasteiger partial charge >= 0.3 is 0 Å². The van der Waals surface area contributed by atoms with E-state index in [2.05, 4.69) is 44.4 Å². The number of halogens is 2. The van der Waals surface area contributed by atoms with Crippen molar-refractivity contribution < 1.29 is 4.39 Å². The summed E-state index contributed by atoms with van der Waals surface area (Å²) >= 11 is 7.94. The molecule has 1 atom stereocenters. The molecule has 0 spiro atoms. The number of rotatable bonds is 6. The molecule has 33 heavy (non-hydrogen) atoms. The molecular formula is C24H24ClFN6S. The van der Waals surface area contributed by atoms with Crippen LogP contribution in [0.2, 0.25) is 5.02 Å². The van der Waals surface area contributed by atoms with E-state index in [9.17, 15) is 4.39 Å². The molecule has 1 fully saturated rings. The number of hydrogen-bond acceptors (Lipinski definition) is 6. The zero-order chi connectivity index (χ0) is 22.8. The number of thiophene rings is 1. The van der Waals surface area contributed by atoms with Crippen LogP contribution in [-0.2, 0) is 6.54 Å². The molecule has 0 saturated carbocycles. The lowest BCUT2D eigenvalue weighted by Gasteiger charge is -2.40. The monoisotopic (exact) mass is 482 g/mol. The molecule has 5 rings (SSSR count). The summed E-state index contributed by atoms with van der Waals surface area (Å²) < 4.78 is 15.6.